The van der Waals surface area contributed by atoms with Crippen LogP contribution in [0, 0.1) is 0 Å². The predicted octanol–water partition coefficient (Wildman–Crippen LogP) is 1.84. The van der Waals surface area contributed by atoms with Crippen molar-refractivity contribution in [2.75, 3.05) is 13.2 Å². The quantitative estimate of drug-likeness (QED) is 0.333. The number of hydrazine groups is 1. The van der Waals surface area contributed by atoms with E-state index < -0.39 is 11.9 Å². The van der Waals surface area contributed by atoms with E-state index in [1.807, 2.05) is 13.8 Å². The standard InChI is InChI=1S/C18H25N3O5S/c1-3-5-6-15(22)19-18(27)21-20-16(23)12-26-14-9-7-13(8-10-14)17(24)25-11-4-2/h7-10H,3-6,11-12H2,1-2H3,(H,20,23)(H2,19,21,22,27). The normalized spacial score (nSPS) is 9.85. The van der Waals surface area contributed by atoms with Crippen LogP contribution in [-0.4, -0.2) is 36.1 Å². The molecule has 0 aromatic heterocycles. The molecule has 0 fully saturated rings. The highest BCUT2D eigenvalue weighted by Crippen LogP contribution is 2.13. The van der Waals surface area contributed by atoms with Crippen molar-refractivity contribution in [3.05, 3.63) is 29.8 Å². The van der Waals surface area contributed by atoms with Crippen molar-refractivity contribution in [3.8, 4) is 5.75 Å². The van der Waals surface area contributed by atoms with Crippen molar-refractivity contribution in [1.29, 1.82) is 0 Å². The van der Waals surface area contributed by atoms with Crippen molar-refractivity contribution in [2.24, 2.45) is 0 Å². The molecule has 1 rings (SSSR count). The van der Waals surface area contributed by atoms with Crippen LogP contribution in [0.1, 0.15) is 49.9 Å². The van der Waals surface area contributed by atoms with Gasteiger partial charge in [0.25, 0.3) is 5.91 Å². The molecule has 0 aliphatic heterocycles. The van der Waals surface area contributed by atoms with Gasteiger partial charge < -0.3 is 14.8 Å². The summed E-state index contributed by atoms with van der Waals surface area (Å²) in [6.45, 7) is 4.00. The van der Waals surface area contributed by atoms with E-state index in [4.69, 9.17) is 21.7 Å². The maximum Gasteiger partial charge on any atom is 0.338 e. The van der Waals surface area contributed by atoms with Gasteiger partial charge in [0.15, 0.2) is 11.7 Å². The van der Waals surface area contributed by atoms with Gasteiger partial charge in [0.1, 0.15) is 5.75 Å². The number of rotatable bonds is 9. The number of nitrogens with one attached hydrogen (secondary N) is 3. The molecule has 0 aliphatic rings. The largest absolute Gasteiger partial charge is 0.484 e. The Morgan fingerprint density at radius 2 is 1.70 bits per heavy atom. The fraction of sp³-hybridized carbons (Fsp3) is 0.444. The highest BCUT2D eigenvalue weighted by molar-refractivity contribution is 7.80. The van der Waals surface area contributed by atoms with Gasteiger partial charge in [-0.15, -0.1) is 0 Å². The van der Waals surface area contributed by atoms with E-state index in [2.05, 4.69) is 16.2 Å². The Balaban J connectivity index is 2.30. The molecule has 1 aromatic rings. The molecule has 0 unspecified atom stereocenters. The van der Waals surface area contributed by atoms with Crippen LogP contribution in [0.5, 0.6) is 5.75 Å². The third-order valence-corrected chi connectivity index (χ3v) is 3.43. The Bertz CT molecular complexity index is 649. The number of esters is 1. The molecule has 0 saturated carbocycles. The van der Waals surface area contributed by atoms with Crippen molar-refractivity contribution in [1.82, 2.24) is 16.2 Å². The fourth-order valence-electron chi connectivity index (χ4n) is 1.83. The van der Waals surface area contributed by atoms with E-state index in [0.29, 0.717) is 24.3 Å². The molecular weight excluding hydrogens is 370 g/mol. The van der Waals surface area contributed by atoms with Gasteiger partial charge in [0.2, 0.25) is 5.91 Å². The van der Waals surface area contributed by atoms with Crippen LogP contribution in [0.25, 0.3) is 0 Å². The van der Waals surface area contributed by atoms with Crippen LogP contribution in [-0.2, 0) is 14.3 Å². The zero-order valence-corrected chi connectivity index (χ0v) is 16.3. The number of thiocarbonyl (C=S) groups is 1. The molecule has 2 amide bonds. The first-order valence-corrected chi connectivity index (χ1v) is 9.15. The van der Waals surface area contributed by atoms with E-state index in [1.54, 1.807) is 24.3 Å². The van der Waals surface area contributed by atoms with Gasteiger partial charge in [-0.1, -0.05) is 20.3 Å². The average Bonchev–Trinajstić information content (AvgIpc) is 2.67. The number of hydrogen-bond acceptors (Lipinski definition) is 6. The van der Waals surface area contributed by atoms with Crippen LogP contribution in [0.4, 0.5) is 0 Å². The summed E-state index contributed by atoms with van der Waals surface area (Å²) in [6, 6.07) is 6.26. The van der Waals surface area contributed by atoms with E-state index in [0.717, 1.165) is 19.3 Å². The minimum atomic E-state index is -0.480. The molecule has 148 valence electrons. The van der Waals surface area contributed by atoms with Gasteiger partial charge in [-0.25, -0.2) is 4.79 Å². The summed E-state index contributed by atoms with van der Waals surface area (Å²) in [5.74, 6) is -0.670. The predicted molar refractivity (Wildman–Crippen MR) is 104 cm³/mol. The van der Waals surface area contributed by atoms with Gasteiger partial charge in [0.05, 0.1) is 12.2 Å². The number of ether oxygens (including phenoxy) is 2. The zero-order chi connectivity index (χ0) is 20.1. The van der Waals surface area contributed by atoms with E-state index in [9.17, 15) is 14.4 Å². The van der Waals surface area contributed by atoms with Gasteiger partial charge in [-0.05, 0) is 49.3 Å². The Labute approximate surface area is 164 Å². The summed E-state index contributed by atoms with van der Waals surface area (Å²) < 4.78 is 10.3. The van der Waals surface area contributed by atoms with Crippen LogP contribution in [0.2, 0.25) is 0 Å². The van der Waals surface area contributed by atoms with Crippen LogP contribution < -0.4 is 20.9 Å². The minimum Gasteiger partial charge on any atom is -0.484 e. The Hall–Kier alpha value is -2.68. The maximum absolute atomic E-state index is 11.7. The molecule has 0 radical (unpaired) electrons. The SMILES string of the molecule is CCCCC(=O)NC(=S)NNC(=O)COc1ccc(C(=O)OCCC)cc1. The average molecular weight is 395 g/mol. The third-order valence-electron chi connectivity index (χ3n) is 3.22. The second-order valence-electron chi connectivity index (χ2n) is 5.60. The zero-order valence-electron chi connectivity index (χ0n) is 15.5. The molecule has 1 aromatic carbocycles. The molecule has 0 atom stereocenters. The first-order valence-electron chi connectivity index (χ1n) is 8.74. The number of benzene rings is 1. The van der Waals surface area contributed by atoms with Crippen molar-refractivity contribution >= 4 is 35.1 Å². The molecule has 3 N–H and O–H groups in total. The summed E-state index contributed by atoms with van der Waals surface area (Å²) in [6.07, 6.45) is 2.80. The van der Waals surface area contributed by atoms with Gasteiger partial charge in [-0.2, -0.15) is 0 Å². The summed E-state index contributed by atoms with van der Waals surface area (Å²) >= 11 is 4.90. The first kappa shape index (κ1) is 22.4. The fourth-order valence-corrected chi connectivity index (χ4v) is 2.00. The van der Waals surface area contributed by atoms with Gasteiger partial charge in [0, 0.05) is 6.42 Å². The number of carbonyl (C=O) groups excluding carboxylic acids is 3. The molecule has 0 bridgehead atoms. The van der Waals surface area contributed by atoms with Gasteiger partial charge >= 0.3 is 5.97 Å². The Morgan fingerprint density at radius 3 is 2.33 bits per heavy atom. The van der Waals surface area contributed by atoms with Crippen molar-refractivity contribution < 1.29 is 23.9 Å². The first-order chi connectivity index (χ1) is 13.0. The third kappa shape index (κ3) is 9.55. The molecule has 8 nitrogen and oxygen atoms in total. The second kappa shape index (κ2) is 12.6. The summed E-state index contributed by atoms with van der Waals surface area (Å²) in [5.41, 5.74) is 5.16. The highest BCUT2D eigenvalue weighted by Gasteiger charge is 2.08. The molecule has 27 heavy (non-hydrogen) atoms. The lowest BCUT2D eigenvalue weighted by atomic mass is 10.2. The lowest BCUT2D eigenvalue weighted by molar-refractivity contribution is -0.124. The number of hydrogen-bond donors (Lipinski definition) is 3. The molecule has 9 heteroatoms. The van der Waals surface area contributed by atoms with E-state index in [-0.39, 0.29) is 17.6 Å². The smallest absolute Gasteiger partial charge is 0.338 e. The number of carbonyl (C=O) groups is 3. The lowest BCUT2D eigenvalue weighted by Gasteiger charge is -2.11. The van der Waals surface area contributed by atoms with E-state index in [1.165, 1.54) is 0 Å². The summed E-state index contributed by atoms with van der Waals surface area (Å²) in [7, 11) is 0. The summed E-state index contributed by atoms with van der Waals surface area (Å²) in [4.78, 5) is 34.9. The summed E-state index contributed by atoms with van der Waals surface area (Å²) in [5, 5.41) is 2.47. The van der Waals surface area contributed by atoms with E-state index >= 15 is 0 Å². The monoisotopic (exact) mass is 395 g/mol. The molecule has 0 heterocycles. The van der Waals surface area contributed by atoms with Crippen molar-refractivity contribution in [2.45, 2.75) is 39.5 Å². The molecule has 0 aliphatic carbocycles. The Kier molecular flexibility index (Phi) is 10.5. The van der Waals surface area contributed by atoms with Gasteiger partial charge in [-0.3, -0.25) is 20.4 Å². The highest BCUT2D eigenvalue weighted by atomic mass is 32.1. The molecule has 0 saturated heterocycles. The number of unbranched alkanes of at least 4 members (excludes halogenated alkanes) is 1. The molecular formula is C18H25N3O5S. The molecule has 0 spiro atoms. The minimum absolute atomic E-state index is 0.0133. The number of amides is 2. The lowest BCUT2D eigenvalue weighted by Crippen LogP contribution is -2.49. The van der Waals surface area contributed by atoms with Crippen LogP contribution in [0.15, 0.2) is 24.3 Å². The second-order valence-corrected chi connectivity index (χ2v) is 6.01. The Morgan fingerprint density at radius 1 is 1.00 bits per heavy atom. The van der Waals surface area contributed by atoms with Crippen LogP contribution in [0.3, 0.4) is 0 Å². The topological polar surface area (TPSA) is 106 Å². The van der Waals surface area contributed by atoms with Crippen LogP contribution >= 0.6 is 12.2 Å². The van der Waals surface area contributed by atoms with Crippen molar-refractivity contribution in [3.63, 3.8) is 0 Å². The maximum atomic E-state index is 11.7.